The Labute approximate surface area is 91.2 Å². The van der Waals surface area contributed by atoms with Gasteiger partial charge in [-0.15, -0.1) is 0 Å². The van der Waals surface area contributed by atoms with Gasteiger partial charge in [0.15, 0.2) is 0 Å². The number of nitrogens with zero attached hydrogens (tertiary/aromatic N) is 1. The largest absolute Gasteiger partial charge is 0.389 e. The Kier molecular flexibility index (Phi) is 5.79. The first-order chi connectivity index (χ1) is 6.85. The molecule has 15 heavy (non-hydrogen) atoms. The molecule has 0 saturated carbocycles. The van der Waals surface area contributed by atoms with Crippen molar-refractivity contribution in [2.24, 2.45) is 5.73 Å². The van der Waals surface area contributed by atoms with Crippen molar-refractivity contribution in [2.75, 3.05) is 26.7 Å². The second-order valence-electron chi connectivity index (χ2n) is 4.12. The van der Waals surface area contributed by atoms with Crippen molar-refractivity contribution in [3.63, 3.8) is 0 Å². The van der Waals surface area contributed by atoms with Crippen LogP contribution in [0.25, 0.3) is 0 Å². The zero-order valence-electron chi connectivity index (χ0n) is 9.99. The molecule has 5 nitrogen and oxygen atoms in total. The van der Waals surface area contributed by atoms with Crippen LogP contribution in [-0.2, 0) is 9.53 Å². The van der Waals surface area contributed by atoms with E-state index < -0.39 is 11.7 Å². The van der Waals surface area contributed by atoms with E-state index in [1.165, 1.54) is 7.11 Å². The molecule has 3 N–H and O–H groups in total. The molecule has 0 bridgehead atoms. The van der Waals surface area contributed by atoms with Crippen LogP contribution in [0.15, 0.2) is 0 Å². The van der Waals surface area contributed by atoms with Gasteiger partial charge in [-0.2, -0.15) is 0 Å². The first kappa shape index (κ1) is 14.3. The molecule has 0 rings (SSSR count). The van der Waals surface area contributed by atoms with Gasteiger partial charge in [0.25, 0.3) is 5.91 Å². The molecule has 0 aromatic carbocycles. The molecule has 0 aliphatic heterocycles. The Morgan fingerprint density at radius 1 is 1.60 bits per heavy atom. The third kappa shape index (κ3) is 5.11. The molecule has 90 valence electrons. The predicted molar refractivity (Wildman–Crippen MR) is 58.4 cm³/mol. The highest BCUT2D eigenvalue weighted by Gasteiger charge is 2.26. The Hall–Kier alpha value is -0.650. The van der Waals surface area contributed by atoms with Crippen molar-refractivity contribution in [2.45, 2.75) is 32.5 Å². The summed E-state index contributed by atoms with van der Waals surface area (Å²) in [6.07, 6.45) is -0.618. The topological polar surface area (TPSA) is 75.8 Å². The van der Waals surface area contributed by atoms with E-state index >= 15 is 0 Å². The number of carbonyl (C=O) groups excluding carboxylic acids is 1. The molecule has 1 amide bonds. The maximum Gasteiger partial charge on any atom is 0.253 e. The highest BCUT2D eigenvalue weighted by atomic mass is 16.5. The van der Waals surface area contributed by atoms with Crippen molar-refractivity contribution in [3.05, 3.63) is 0 Å². The number of aliphatic hydroxyl groups is 1. The van der Waals surface area contributed by atoms with Gasteiger partial charge in [-0.3, -0.25) is 4.79 Å². The number of ether oxygens (including phenoxy) is 1. The van der Waals surface area contributed by atoms with Crippen molar-refractivity contribution in [1.82, 2.24) is 4.90 Å². The summed E-state index contributed by atoms with van der Waals surface area (Å²) in [5, 5.41) is 9.63. The van der Waals surface area contributed by atoms with Crippen molar-refractivity contribution in [1.29, 1.82) is 0 Å². The zero-order chi connectivity index (χ0) is 12.1. The van der Waals surface area contributed by atoms with Crippen molar-refractivity contribution < 1.29 is 14.6 Å². The highest BCUT2D eigenvalue weighted by Crippen LogP contribution is 2.07. The maximum absolute atomic E-state index is 11.8. The number of nitrogens with two attached hydrogens (primary N) is 1. The van der Waals surface area contributed by atoms with Crippen LogP contribution in [0.4, 0.5) is 0 Å². The van der Waals surface area contributed by atoms with Crippen LogP contribution < -0.4 is 5.73 Å². The second kappa shape index (κ2) is 6.05. The van der Waals surface area contributed by atoms with E-state index in [4.69, 9.17) is 10.5 Å². The molecule has 0 aromatic rings. The van der Waals surface area contributed by atoms with Crippen LogP contribution in [-0.4, -0.2) is 54.4 Å². The number of amides is 1. The number of likely N-dealkylation sites (N-methyl/N-ethyl adjacent to an activating group) is 1. The van der Waals surface area contributed by atoms with Gasteiger partial charge in [0, 0.05) is 26.7 Å². The van der Waals surface area contributed by atoms with E-state index in [1.54, 1.807) is 18.7 Å². The third-order valence-electron chi connectivity index (χ3n) is 2.05. The molecule has 1 atom stereocenters. The average molecular weight is 218 g/mol. The summed E-state index contributed by atoms with van der Waals surface area (Å²) in [6, 6.07) is 0. The van der Waals surface area contributed by atoms with Gasteiger partial charge in [0.05, 0.1) is 5.60 Å². The van der Waals surface area contributed by atoms with Gasteiger partial charge in [0.2, 0.25) is 0 Å². The Balaban J connectivity index is 4.46. The van der Waals surface area contributed by atoms with E-state index in [0.717, 1.165) is 0 Å². The van der Waals surface area contributed by atoms with Gasteiger partial charge >= 0.3 is 0 Å². The van der Waals surface area contributed by atoms with E-state index in [-0.39, 0.29) is 19.0 Å². The fraction of sp³-hybridized carbons (Fsp3) is 0.900. The lowest BCUT2D eigenvalue weighted by molar-refractivity contribution is -0.144. The summed E-state index contributed by atoms with van der Waals surface area (Å²) in [6.45, 7) is 6.13. The SMILES string of the molecule is CCN(CC(C)(C)O)C(=O)C(CN)OC. The standard InChI is InChI=1S/C10H22N2O3/c1-5-12(7-10(2,3)14)9(13)8(6-11)15-4/h8,14H,5-7,11H2,1-4H3. The number of rotatable bonds is 6. The summed E-state index contributed by atoms with van der Waals surface area (Å²) in [7, 11) is 1.45. The highest BCUT2D eigenvalue weighted by molar-refractivity contribution is 5.81. The molecule has 1 unspecified atom stereocenters. The summed E-state index contributed by atoms with van der Waals surface area (Å²) in [5.74, 6) is -0.176. The van der Waals surface area contributed by atoms with Crippen LogP contribution in [0.2, 0.25) is 0 Å². The minimum absolute atomic E-state index is 0.150. The summed E-state index contributed by atoms with van der Waals surface area (Å²) in [4.78, 5) is 13.4. The quantitative estimate of drug-likeness (QED) is 0.635. The molecular weight excluding hydrogens is 196 g/mol. The van der Waals surface area contributed by atoms with E-state index in [1.807, 2.05) is 6.92 Å². The predicted octanol–water partition coefficient (Wildman–Crippen LogP) is -0.420. The van der Waals surface area contributed by atoms with E-state index in [0.29, 0.717) is 6.54 Å². The van der Waals surface area contributed by atoms with Crippen molar-refractivity contribution in [3.8, 4) is 0 Å². The van der Waals surface area contributed by atoms with Gasteiger partial charge in [-0.25, -0.2) is 0 Å². The summed E-state index contributed by atoms with van der Waals surface area (Å²) >= 11 is 0. The first-order valence-corrected chi connectivity index (χ1v) is 5.09. The fourth-order valence-corrected chi connectivity index (χ4v) is 1.31. The molecule has 0 fully saturated rings. The maximum atomic E-state index is 11.8. The molecule has 0 saturated heterocycles. The average Bonchev–Trinajstić information content (AvgIpc) is 2.14. The molecular formula is C10H22N2O3. The lowest BCUT2D eigenvalue weighted by Gasteiger charge is -2.30. The number of hydrogen-bond donors (Lipinski definition) is 2. The summed E-state index contributed by atoms with van der Waals surface area (Å²) < 4.78 is 4.96. The van der Waals surface area contributed by atoms with Crippen LogP contribution in [0.5, 0.6) is 0 Å². The van der Waals surface area contributed by atoms with Crippen LogP contribution in [0, 0.1) is 0 Å². The Morgan fingerprint density at radius 2 is 2.13 bits per heavy atom. The fourth-order valence-electron chi connectivity index (χ4n) is 1.31. The van der Waals surface area contributed by atoms with Gasteiger partial charge in [-0.05, 0) is 20.8 Å². The minimum atomic E-state index is -0.904. The number of methoxy groups -OCH3 is 1. The molecule has 0 spiro atoms. The van der Waals surface area contributed by atoms with Crippen LogP contribution >= 0.6 is 0 Å². The van der Waals surface area contributed by atoms with E-state index in [2.05, 4.69) is 0 Å². The molecule has 0 radical (unpaired) electrons. The zero-order valence-corrected chi connectivity index (χ0v) is 9.99. The third-order valence-corrected chi connectivity index (χ3v) is 2.05. The number of carbonyl (C=O) groups is 1. The Morgan fingerprint density at radius 3 is 2.40 bits per heavy atom. The lowest BCUT2D eigenvalue weighted by Crippen LogP contribution is -2.48. The monoisotopic (exact) mass is 218 g/mol. The number of hydrogen-bond acceptors (Lipinski definition) is 4. The second-order valence-corrected chi connectivity index (χ2v) is 4.12. The first-order valence-electron chi connectivity index (χ1n) is 5.09. The Bertz CT molecular complexity index is 197. The molecule has 0 heterocycles. The van der Waals surface area contributed by atoms with Gasteiger partial charge in [-0.1, -0.05) is 0 Å². The smallest absolute Gasteiger partial charge is 0.253 e. The van der Waals surface area contributed by atoms with Crippen molar-refractivity contribution >= 4 is 5.91 Å². The molecule has 5 heteroatoms. The molecule has 0 aliphatic carbocycles. The van der Waals surface area contributed by atoms with Crippen LogP contribution in [0.1, 0.15) is 20.8 Å². The normalized spacial score (nSPS) is 13.7. The molecule has 0 aliphatic rings. The summed E-state index contributed by atoms with van der Waals surface area (Å²) in [5.41, 5.74) is 4.50. The minimum Gasteiger partial charge on any atom is -0.389 e. The van der Waals surface area contributed by atoms with Gasteiger partial charge < -0.3 is 20.5 Å². The van der Waals surface area contributed by atoms with E-state index in [9.17, 15) is 9.90 Å². The van der Waals surface area contributed by atoms with Crippen LogP contribution in [0.3, 0.4) is 0 Å². The lowest BCUT2D eigenvalue weighted by atomic mass is 10.1. The molecule has 0 aromatic heterocycles. The van der Waals surface area contributed by atoms with Gasteiger partial charge in [0.1, 0.15) is 6.10 Å².